The molecule has 1 aromatic carbocycles. The summed E-state index contributed by atoms with van der Waals surface area (Å²) >= 11 is 0. The van der Waals surface area contributed by atoms with Crippen molar-refractivity contribution in [2.24, 2.45) is 5.92 Å². The predicted molar refractivity (Wildman–Crippen MR) is 84.4 cm³/mol. The van der Waals surface area contributed by atoms with Crippen LogP contribution < -0.4 is 15.4 Å². The molecule has 1 saturated heterocycles. The van der Waals surface area contributed by atoms with Crippen LogP contribution in [0.3, 0.4) is 0 Å². The van der Waals surface area contributed by atoms with Gasteiger partial charge in [0, 0.05) is 6.42 Å². The first kappa shape index (κ1) is 15.8. The number of methoxy groups -OCH3 is 1. The van der Waals surface area contributed by atoms with Crippen LogP contribution in [0.25, 0.3) is 0 Å². The third-order valence-electron chi connectivity index (χ3n) is 4.21. The molecule has 1 aliphatic rings. The van der Waals surface area contributed by atoms with E-state index in [2.05, 4.69) is 10.6 Å². The van der Waals surface area contributed by atoms with E-state index in [0.717, 1.165) is 30.8 Å². The monoisotopic (exact) mass is 290 g/mol. The fourth-order valence-electron chi connectivity index (χ4n) is 2.81. The fraction of sp³-hybridized carbons (Fsp3) is 0.588. The number of hydrogen-bond donors (Lipinski definition) is 2. The second kappa shape index (κ2) is 8.03. The van der Waals surface area contributed by atoms with Crippen LogP contribution in [0.15, 0.2) is 24.3 Å². The first-order chi connectivity index (χ1) is 10.2. The van der Waals surface area contributed by atoms with E-state index in [1.807, 2.05) is 31.2 Å². The number of rotatable bonds is 6. The Bertz CT molecular complexity index is 456. The van der Waals surface area contributed by atoms with Gasteiger partial charge in [-0.15, -0.1) is 0 Å². The van der Waals surface area contributed by atoms with Crippen LogP contribution in [0.2, 0.25) is 0 Å². The van der Waals surface area contributed by atoms with Crippen molar-refractivity contribution in [1.82, 2.24) is 10.6 Å². The van der Waals surface area contributed by atoms with Gasteiger partial charge in [0.1, 0.15) is 5.75 Å². The van der Waals surface area contributed by atoms with Gasteiger partial charge in [0.15, 0.2) is 0 Å². The second-order valence-electron chi connectivity index (χ2n) is 5.80. The highest BCUT2D eigenvalue weighted by molar-refractivity contribution is 5.76. The topological polar surface area (TPSA) is 50.4 Å². The number of hydrogen-bond acceptors (Lipinski definition) is 3. The molecule has 1 amide bonds. The van der Waals surface area contributed by atoms with Crippen LogP contribution in [0, 0.1) is 5.92 Å². The van der Waals surface area contributed by atoms with Crippen molar-refractivity contribution < 1.29 is 9.53 Å². The Morgan fingerprint density at radius 1 is 1.43 bits per heavy atom. The minimum absolute atomic E-state index is 0.0145. The molecule has 1 fully saturated rings. The number of carbonyl (C=O) groups is 1. The molecule has 0 bridgehead atoms. The van der Waals surface area contributed by atoms with Crippen LogP contribution >= 0.6 is 0 Å². The molecule has 2 rings (SSSR count). The maximum atomic E-state index is 12.1. The molecule has 0 unspecified atom stereocenters. The third kappa shape index (κ3) is 5.05. The molecular formula is C17H26N2O2. The van der Waals surface area contributed by atoms with Crippen molar-refractivity contribution in [2.45, 2.75) is 38.6 Å². The van der Waals surface area contributed by atoms with Crippen molar-refractivity contribution >= 4 is 5.91 Å². The lowest BCUT2D eigenvalue weighted by Crippen LogP contribution is -2.30. The van der Waals surface area contributed by atoms with Crippen molar-refractivity contribution in [2.75, 3.05) is 20.2 Å². The van der Waals surface area contributed by atoms with E-state index in [0.29, 0.717) is 12.3 Å². The van der Waals surface area contributed by atoms with E-state index in [1.165, 1.54) is 12.8 Å². The van der Waals surface area contributed by atoms with E-state index >= 15 is 0 Å². The lowest BCUT2D eigenvalue weighted by molar-refractivity contribution is -0.122. The normalized spacial score (nSPS) is 17.2. The van der Waals surface area contributed by atoms with Gasteiger partial charge >= 0.3 is 0 Å². The summed E-state index contributed by atoms with van der Waals surface area (Å²) in [4.78, 5) is 12.1. The van der Waals surface area contributed by atoms with Crippen LogP contribution in [-0.4, -0.2) is 26.1 Å². The summed E-state index contributed by atoms with van der Waals surface area (Å²) in [6, 6.07) is 7.86. The molecule has 0 saturated carbocycles. The Labute approximate surface area is 127 Å². The summed E-state index contributed by atoms with van der Waals surface area (Å²) in [6.07, 6.45) is 4.01. The van der Waals surface area contributed by atoms with Gasteiger partial charge in [0.05, 0.1) is 13.2 Å². The number of carbonyl (C=O) groups excluding carboxylic acids is 1. The molecule has 0 aliphatic carbocycles. The Morgan fingerprint density at radius 2 is 2.19 bits per heavy atom. The Morgan fingerprint density at radius 3 is 2.90 bits per heavy atom. The zero-order chi connectivity index (χ0) is 15.1. The zero-order valence-electron chi connectivity index (χ0n) is 13.0. The first-order valence-electron chi connectivity index (χ1n) is 7.83. The molecule has 4 heteroatoms. The largest absolute Gasteiger partial charge is 0.497 e. The molecule has 0 spiro atoms. The first-order valence-corrected chi connectivity index (χ1v) is 7.83. The highest BCUT2D eigenvalue weighted by Crippen LogP contribution is 2.20. The predicted octanol–water partition coefficient (Wildman–Crippen LogP) is 2.65. The molecular weight excluding hydrogens is 264 g/mol. The van der Waals surface area contributed by atoms with E-state index in [9.17, 15) is 4.79 Å². The Kier molecular flexibility index (Phi) is 6.05. The zero-order valence-corrected chi connectivity index (χ0v) is 13.0. The second-order valence-corrected chi connectivity index (χ2v) is 5.80. The molecule has 116 valence electrons. The molecule has 0 radical (unpaired) electrons. The highest BCUT2D eigenvalue weighted by Gasteiger charge is 2.16. The van der Waals surface area contributed by atoms with Crippen molar-refractivity contribution in [1.29, 1.82) is 0 Å². The van der Waals surface area contributed by atoms with Crippen LogP contribution in [0.1, 0.15) is 44.2 Å². The number of benzene rings is 1. The van der Waals surface area contributed by atoms with Crippen LogP contribution in [0.4, 0.5) is 0 Å². The molecule has 4 nitrogen and oxygen atoms in total. The molecule has 1 aliphatic heterocycles. The van der Waals surface area contributed by atoms with Crippen molar-refractivity contribution in [3.05, 3.63) is 29.8 Å². The van der Waals surface area contributed by atoms with Gasteiger partial charge in [0.2, 0.25) is 5.91 Å². The maximum absolute atomic E-state index is 12.1. The summed E-state index contributed by atoms with van der Waals surface area (Å²) in [5, 5.41) is 6.43. The highest BCUT2D eigenvalue weighted by atomic mass is 16.5. The van der Waals surface area contributed by atoms with Gasteiger partial charge in [-0.3, -0.25) is 4.79 Å². The standard InChI is InChI=1S/C17H26N2O2/c1-13(15-4-3-5-16(12-15)21-2)19-17(20)7-6-14-8-10-18-11-9-14/h3-5,12-14,18H,6-11H2,1-2H3,(H,19,20)/t13-/m0/s1. The number of amides is 1. The van der Waals surface area contributed by atoms with Crippen molar-refractivity contribution in [3.8, 4) is 5.75 Å². The minimum atomic E-state index is 0.0145. The average Bonchev–Trinajstić information content (AvgIpc) is 2.54. The fourth-order valence-corrected chi connectivity index (χ4v) is 2.81. The summed E-state index contributed by atoms with van der Waals surface area (Å²) in [7, 11) is 1.65. The number of piperidine rings is 1. The van der Waals surface area contributed by atoms with E-state index < -0.39 is 0 Å². The Hall–Kier alpha value is -1.55. The SMILES string of the molecule is COc1cccc([C@H](C)NC(=O)CCC2CCNCC2)c1. The van der Waals surface area contributed by atoms with Gasteiger partial charge < -0.3 is 15.4 Å². The van der Waals surface area contributed by atoms with Crippen molar-refractivity contribution in [3.63, 3.8) is 0 Å². The summed E-state index contributed by atoms with van der Waals surface area (Å²) < 4.78 is 5.22. The van der Waals surface area contributed by atoms with E-state index in [1.54, 1.807) is 7.11 Å². The average molecular weight is 290 g/mol. The summed E-state index contributed by atoms with van der Waals surface area (Å²) in [6.45, 7) is 4.19. The van der Waals surface area contributed by atoms with Crippen LogP contribution in [-0.2, 0) is 4.79 Å². The number of nitrogens with one attached hydrogen (secondary N) is 2. The quantitative estimate of drug-likeness (QED) is 0.847. The maximum Gasteiger partial charge on any atom is 0.220 e. The molecule has 1 aromatic rings. The molecule has 1 atom stereocenters. The van der Waals surface area contributed by atoms with Gasteiger partial charge in [-0.25, -0.2) is 0 Å². The lowest BCUT2D eigenvalue weighted by Gasteiger charge is -2.22. The lowest BCUT2D eigenvalue weighted by atomic mass is 9.93. The van der Waals surface area contributed by atoms with Gasteiger partial charge in [0.25, 0.3) is 0 Å². The van der Waals surface area contributed by atoms with E-state index in [4.69, 9.17) is 4.74 Å². The molecule has 21 heavy (non-hydrogen) atoms. The van der Waals surface area contributed by atoms with E-state index in [-0.39, 0.29) is 11.9 Å². The molecule has 0 aromatic heterocycles. The van der Waals surface area contributed by atoms with Gasteiger partial charge in [-0.2, -0.15) is 0 Å². The smallest absolute Gasteiger partial charge is 0.220 e. The molecule has 2 N–H and O–H groups in total. The summed E-state index contributed by atoms with van der Waals surface area (Å²) in [5.41, 5.74) is 1.07. The van der Waals surface area contributed by atoms with Gasteiger partial charge in [-0.1, -0.05) is 12.1 Å². The molecule has 1 heterocycles. The van der Waals surface area contributed by atoms with Crippen LogP contribution in [0.5, 0.6) is 5.75 Å². The number of ether oxygens (including phenoxy) is 1. The minimum Gasteiger partial charge on any atom is -0.497 e. The summed E-state index contributed by atoms with van der Waals surface area (Å²) in [5.74, 6) is 1.66. The third-order valence-corrected chi connectivity index (χ3v) is 4.21. The van der Waals surface area contributed by atoms with Gasteiger partial charge in [-0.05, 0) is 62.9 Å². The Balaban J connectivity index is 1.78.